The molecule has 2 atom stereocenters. The number of carbonyl (C=O) groups excluding carboxylic acids is 3. The van der Waals surface area contributed by atoms with Crippen molar-refractivity contribution in [3.8, 4) is 0 Å². The van der Waals surface area contributed by atoms with Gasteiger partial charge in [-0.2, -0.15) is 11.8 Å². The number of nitrogens with zero attached hydrogens (tertiary/aromatic N) is 1. The summed E-state index contributed by atoms with van der Waals surface area (Å²) in [6.45, 7) is 6.41. The Balaban J connectivity index is 2.08. The van der Waals surface area contributed by atoms with Crippen molar-refractivity contribution in [2.45, 2.75) is 57.0 Å². The fourth-order valence-corrected chi connectivity index (χ4v) is 3.91. The molecule has 1 aliphatic heterocycles. The van der Waals surface area contributed by atoms with Crippen LogP contribution in [0, 0.1) is 5.41 Å². The molecule has 1 fully saturated rings. The van der Waals surface area contributed by atoms with E-state index in [1.54, 1.807) is 36.1 Å². The minimum atomic E-state index is -0.830. The highest BCUT2D eigenvalue weighted by atomic mass is 32.2. The van der Waals surface area contributed by atoms with Crippen molar-refractivity contribution >= 4 is 35.5 Å². The second-order valence-corrected chi connectivity index (χ2v) is 9.58. The topological polar surface area (TPSA) is 138 Å². The van der Waals surface area contributed by atoms with Gasteiger partial charge in [0.25, 0.3) is 0 Å². The van der Waals surface area contributed by atoms with Crippen LogP contribution >= 0.6 is 11.8 Å². The van der Waals surface area contributed by atoms with Gasteiger partial charge in [0.05, 0.1) is 6.61 Å². The van der Waals surface area contributed by atoms with Crippen molar-refractivity contribution in [1.29, 1.82) is 5.41 Å². The Kier molecular flexibility index (Phi) is 8.94. The molecule has 0 spiro atoms. The van der Waals surface area contributed by atoms with Gasteiger partial charge in [0, 0.05) is 23.4 Å². The zero-order chi connectivity index (χ0) is 23.9. The summed E-state index contributed by atoms with van der Waals surface area (Å²) in [5, 5.41) is 13.0. The van der Waals surface area contributed by atoms with Gasteiger partial charge in [-0.05, 0) is 45.4 Å². The normalized spacial score (nSPS) is 16.9. The maximum Gasteiger partial charge on any atom is 0.407 e. The molecule has 32 heavy (non-hydrogen) atoms. The van der Waals surface area contributed by atoms with Crippen LogP contribution in [0.1, 0.15) is 44.7 Å². The Labute approximate surface area is 193 Å². The second-order valence-electron chi connectivity index (χ2n) is 8.12. The number of benzene rings is 1. The monoisotopic (exact) mass is 463 g/mol. The Morgan fingerprint density at radius 2 is 1.97 bits per heavy atom. The van der Waals surface area contributed by atoms with Crippen LogP contribution in [0.4, 0.5) is 4.79 Å². The molecule has 10 heteroatoms. The molecule has 1 aromatic rings. The first-order chi connectivity index (χ1) is 15.1. The van der Waals surface area contributed by atoms with Crippen molar-refractivity contribution in [1.82, 2.24) is 15.5 Å². The molecule has 3 amide bonds. The third kappa shape index (κ3) is 6.38. The molecule has 0 aromatic heterocycles. The fourth-order valence-electron chi connectivity index (χ4n) is 3.52. The maximum atomic E-state index is 13.4. The van der Waals surface area contributed by atoms with Crippen LogP contribution in [0.2, 0.25) is 0 Å². The first-order valence-electron chi connectivity index (χ1n) is 10.6. The number of likely N-dealkylation sites (tertiary alicyclic amines) is 1. The van der Waals surface area contributed by atoms with E-state index in [4.69, 9.17) is 15.9 Å². The molecular formula is C22H33N5O4S. The summed E-state index contributed by atoms with van der Waals surface area (Å²) < 4.78 is 4.39. The number of carbonyl (C=O) groups is 3. The average molecular weight is 464 g/mol. The lowest BCUT2D eigenvalue weighted by atomic mass is 10.0. The molecule has 1 heterocycles. The van der Waals surface area contributed by atoms with Crippen LogP contribution in [0.5, 0.6) is 0 Å². The van der Waals surface area contributed by atoms with Gasteiger partial charge < -0.3 is 26.0 Å². The van der Waals surface area contributed by atoms with Gasteiger partial charge in [-0.3, -0.25) is 15.0 Å². The van der Waals surface area contributed by atoms with E-state index in [9.17, 15) is 14.4 Å². The maximum absolute atomic E-state index is 13.4. The van der Waals surface area contributed by atoms with Gasteiger partial charge in [0.15, 0.2) is 0 Å². The van der Waals surface area contributed by atoms with Gasteiger partial charge >= 0.3 is 6.09 Å². The first kappa shape index (κ1) is 25.5. The highest BCUT2D eigenvalue weighted by Gasteiger charge is 2.43. The molecule has 176 valence electrons. The second kappa shape index (κ2) is 11.2. The predicted molar refractivity (Wildman–Crippen MR) is 126 cm³/mol. The van der Waals surface area contributed by atoms with Crippen LogP contribution in [-0.2, 0) is 20.9 Å². The van der Waals surface area contributed by atoms with Crippen molar-refractivity contribution in [2.24, 2.45) is 5.73 Å². The van der Waals surface area contributed by atoms with E-state index in [-0.39, 0.29) is 24.3 Å². The van der Waals surface area contributed by atoms with Crippen LogP contribution in [0.25, 0.3) is 0 Å². The molecule has 0 unspecified atom stereocenters. The zero-order valence-corrected chi connectivity index (χ0v) is 19.9. The number of amides is 3. The summed E-state index contributed by atoms with van der Waals surface area (Å²) in [6.07, 6.45) is 2.50. The third-order valence-corrected chi connectivity index (χ3v) is 6.86. The van der Waals surface area contributed by atoms with Gasteiger partial charge in [-0.25, -0.2) is 4.79 Å². The van der Waals surface area contributed by atoms with Crippen LogP contribution < -0.4 is 16.4 Å². The third-order valence-electron chi connectivity index (χ3n) is 5.58. The van der Waals surface area contributed by atoms with E-state index >= 15 is 0 Å². The van der Waals surface area contributed by atoms with Crippen molar-refractivity contribution in [3.05, 3.63) is 35.4 Å². The number of hydrogen-bond acceptors (Lipinski definition) is 6. The number of thioether (sulfide) groups is 1. The lowest BCUT2D eigenvalue weighted by Crippen LogP contribution is -2.59. The smallest absolute Gasteiger partial charge is 0.407 e. The van der Waals surface area contributed by atoms with Crippen LogP contribution in [0.15, 0.2) is 24.3 Å². The van der Waals surface area contributed by atoms with E-state index in [1.165, 1.54) is 11.8 Å². The number of ether oxygens (including phenoxy) is 1. The van der Waals surface area contributed by atoms with Gasteiger partial charge in [0.1, 0.15) is 17.9 Å². The van der Waals surface area contributed by atoms with E-state index in [1.807, 2.05) is 20.1 Å². The fraction of sp³-hybridized carbons (Fsp3) is 0.545. The number of nitrogens with two attached hydrogens (primary N) is 1. The Bertz CT molecular complexity index is 843. The van der Waals surface area contributed by atoms with E-state index in [2.05, 4.69) is 10.6 Å². The number of nitrogens with one attached hydrogen (secondary N) is 3. The summed E-state index contributed by atoms with van der Waals surface area (Å²) in [6, 6.07) is 5.63. The number of alkyl carbamates (subject to hydrolysis) is 1. The summed E-state index contributed by atoms with van der Waals surface area (Å²) in [5.74, 6) is -0.538. The minimum absolute atomic E-state index is 0.0140. The zero-order valence-electron chi connectivity index (χ0n) is 19.1. The number of hydrogen-bond donors (Lipinski definition) is 4. The highest BCUT2D eigenvalue weighted by Crippen LogP contribution is 2.29. The summed E-state index contributed by atoms with van der Waals surface area (Å²) in [4.78, 5) is 39.9. The predicted octanol–water partition coefficient (Wildman–Crippen LogP) is 1.83. The van der Waals surface area contributed by atoms with Crippen molar-refractivity contribution in [3.63, 3.8) is 0 Å². The quantitative estimate of drug-likeness (QED) is 0.326. The molecule has 1 aromatic carbocycles. The van der Waals surface area contributed by atoms with E-state index in [0.29, 0.717) is 31.5 Å². The highest BCUT2D eigenvalue weighted by molar-refractivity contribution is 8.00. The Hall–Kier alpha value is -2.75. The standard InChI is InChI=1S/C22H33N5O4S/c1-5-31-21(30)26-17(22(2,3)32-4)20(29)27-12-6-7-16(27)19(28)25-13-14-8-10-15(11-9-14)18(23)24/h8-11,16-17H,5-7,12-13H2,1-4H3,(H3,23,24)(H,25,28)(H,26,30)/t16-,17+/m0/s1. The first-order valence-corrected chi connectivity index (χ1v) is 11.8. The van der Waals surface area contributed by atoms with Crippen molar-refractivity contribution < 1.29 is 19.1 Å². The SMILES string of the molecule is CCOC(=O)N[C@H](C(=O)N1CCC[C@H]1C(=O)NCc1ccc(C(=N)N)cc1)C(C)(C)SC. The Morgan fingerprint density at radius 3 is 2.53 bits per heavy atom. The van der Waals surface area contributed by atoms with Gasteiger partial charge in [-0.15, -0.1) is 0 Å². The molecule has 0 bridgehead atoms. The molecule has 0 saturated carbocycles. The molecule has 1 saturated heterocycles. The Morgan fingerprint density at radius 1 is 1.31 bits per heavy atom. The molecule has 2 rings (SSSR count). The number of rotatable bonds is 9. The number of nitrogen functional groups attached to an aromatic ring is 1. The average Bonchev–Trinajstić information content (AvgIpc) is 3.26. The van der Waals surface area contributed by atoms with Crippen LogP contribution in [0.3, 0.4) is 0 Å². The minimum Gasteiger partial charge on any atom is -0.450 e. The summed E-state index contributed by atoms with van der Waals surface area (Å²) >= 11 is 1.46. The molecular weight excluding hydrogens is 430 g/mol. The summed E-state index contributed by atoms with van der Waals surface area (Å²) in [5.41, 5.74) is 6.95. The van der Waals surface area contributed by atoms with E-state index < -0.39 is 22.9 Å². The van der Waals surface area contributed by atoms with Crippen LogP contribution in [-0.4, -0.2) is 64.9 Å². The van der Waals surface area contributed by atoms with Gasteiger partial charge in [0.2, 0.25) is 11.8 Å². The molecule has 0 radical (unpaired) electrons. The summed E-state index contributed by atoms with van der Waals surface area (Å²) in [7, 11) is 0. The lowest BCUT2D eigenvalue weighted by molar-refractivity contribution is -0.140. The van der Waals surface area contributed by atoms with E-state index in [0.717, 1.165) is 5.56 Å². The van der Waals surface area contributed by atoms with Crippen molar-refractivity contribution in [2.75, 3.05) is 19.4 Å². The molecule has 0 aliphatic carbocycles. The van der Waals surface area contributed by atoms with Gasteiger partial charge in [-0.1, -0.05) is 24.3 Å². The lowest BCUT2D eigenvalue weighted by Gasteiger charge is -2.36. The number of amidine groups is 1. The molecule has 9 nitrogen and oxygen atoms in total. The molecule has 5 N–H and O–H groups in total. The molecule has 1 aliphatic rings. The largest absolute Gasteiger partial charge is 0.450 e.